The van der Waals surface area contributed by atoms with E-state index in [0.29, 0.717) is 5.75 Å². The van der Waals surface area contributed by atoms with E-state index in [0.717, 1.165) is 25.0 Å². The van der Waals surface area contributed by atoms with Gasteiger partial charge in [0, 0.05) is 0 Å². The zero-order chi connectivity index (χ0) is 15.6. The number of phenols is 1. The van der Waals surface area contributed by atoms with Gasteiger partial charge in [0.1, 0.15) is 11.5 Å². The number of hydrogen-bond donors (Lipinski definition) is 1. The molecule has 22 heavy (non-hydrogen) atoms. The lowest BCUT2D eigenvalue weighted by Gasteiger charge is -2.33. The highest BCUT2D eigenvalue weighted by molar-refractivity contribution is 5.41. The van der Waals surface area contributed by atoms with Crippen molar-refractivity contribution in [3.05, 3.63) is 59.2 Å². The van der Waals surface area contributed by atoms with Crippen molar-refractivity contribution < 1.29 is 9.84 Å². The van der Waals surface area contributed by atoms with Crippen LogP contribution in [0.25, 0.3) is 0 Å². The van der Waals surface area contributed by atoms with E-state index in [1.165, 1.54) is 29.5 Å². The number of hydrogen-bond acceptors (Lipinski definition) is 2. The first-order valence-corrected chi connectivity index (χ1v) is 8.12. The van der Waals surface area contributed by atoms with Crippen molar-refractivity contribution in [3.63, 3.8) is 0 Å². The molecule has 0 saturated heterocycles. The molecule has 0 fully saturated rings. The molecule has 1 unspecified atom stereocenters. The van der Waals surface area contributed by atoms with Crippen LogP contribution in [0.15, 0.2) is 42.5 Å². The van der Waals surface area contributed by atoms with Gasteiger partial charge in [0.25, 0.3) is 0 Å². The number of methoxy groups -OCH3 is 1. The molecule has 0 aromatic heterocycles. The summed E-state index contributed by atoms with van der Waals surface area (Å²) in [6.45, 7) is 2.28. The molecule has 1 atom stereocenters. The molecule has 116 valence electrons. The van der Waals surface area contributed by atoms with Crippen molar-refractivity contribution in [3.8, 4) is 11.5 Å². The summed E-state index contributed by atoms with van der Waals surface area (Å²) in [5, 5.41) is 9.57. The maximum atomic E-state index is 9.57. The molecule has 1 N–H and O–H groups in total. The number of fused-ring (bicyclic) bond motifs is 1. The minimum atomic E-state index is 0.174. The SMILES string of the molecule is CCC1(c2ccc(O)cc2)CCCc2cc(OC)ccc2C1. The van der Waals surface area contributed by atoms with E-state index < -0.39 is 0 Å². The zero-order valence-corrected chi connectivity index (χ0v) is 13.4. The van der Waals surface area contributed by atoms with Crippen molar-refractivity contribution in [2.24, 2.45) is 0 Å². The van der Waals surface area contributed by atoms with E-state index in [9.17, 15) is 5.11 Å². The second-order valence-corrected chi connectivity index (χ2v) is 6.35. The summed E-state index contributed by atoms with van der Waals surface area (Å²) in [6, 6.07) is 14.3. The Morgan fingerprint density at radius 1 is 1.09 bits per heavy atom. The Morgan fingerprint density at radius 2 is 1.86 bits per heavy atom. The standard InChI is InChI=1S/C20H24O2/c1-3-20(17-7-9-18(21)10-8-17)12-4-5-15-13-19(22-2)11-6-16(15)14-20/h6-11,13,21H,3-5,12,14H2,1-2H3. The molecule has 3 rings (SSSR count). The molecule has 0 saturated carbocycles. The predicted octanol–water partition coefficient (Wildman–Crippen LogP) is 4.63. The molecule has 0 bridgehead atoms. The third kappa shape index (κ3) is 2.70. The third-order valence-electron chi connectivity index (χ3n) is 5.20. The number of aromatic hydroxyl groups is 1. The van der Waals surface area contributed by atoms with Crippen LogP contribution in [-0.4, -0.2) is 12.2 Å². The van der Waals surface area contributed by atoms with Gasteiger partial charge in [0.15, 0.2) is 0 Å². The van der Waals surface area contributed by atoms with E-state index in [4.69, 9.17) is 4.74 Å². The Balaban J connectivity index is 2.00. The number of phenolic OH excluding ortho intramolecular Hbond substituents is 1. The fourth-order valence-corrected chi connectivity index (χ4v) is 3.77. The van der Waals surface area contributed by atoms with Gasteiger partial charge in [0.05, 0.1) is 7.11 Å². The van der Waals surface area contributed by atoms with Gasteiger partial charge < -0.3 is 9.84 Å². The number of aryl methyl sites for hydroxylation is 1. The monoisotopic (exact) mass is 296 g/mol. The normalized spacial score (nSPS) is 21.0. The van der Waals surface area contributed by atoms with Crippen LogP contribution in [-0.2, 0) is 18.3 Å². The highest BCUT2D eigenvalue weighted by atomic mass is 16.5. The average Bonchev–Trinajstić information content (AvgIpc) is 2.74. The molecule has 1 aliphatic rings. The molecule has 0 radical (unpaired) electrons. The van der Waals surface area contributed by atoms with Crippen LogP contribution in [0.3, 0.4) is 0 Å². The first kappa shape index (κ1) is 15.0. The second kappa shape index (κ2) is 6.04. The molecular formula is C20H24O2. The van der Waals surface area contributed by atoms with Gasteiger partial charge in [-0.3, -0.25) is 0 Å². The van der Waals surface area contributed by atoms with E-state index >= 15 is 0 Å². The number of benzene rings is 2. The number of rotatable bonds is 3. The molecule has 0 aliphatic heterocycles. The molecule has 1 aliphatic carbocycles. The summed E-state index contributed by atoms with van der Waals surface area (Å²) in [6.07, 6.45) is 5.67. The minimum absolute atomic E-state index is 0.174. The molecular weight excluding hydrogens is 272 g/mol. The van der Waals surface area contributed by atoms with Crippen LogP contribution in [0.2, 0.25) is 0 Å². The van der Waals surface area contributed by atoms with E-state index in [1.807, 2.05) is 12.1 Å². The van der Waals surface area contributed by atoms with Crippen molar-refractivity contribution in [1.29, 1.82) is 0 Å². The van der Waals surface area contributed by atoms with Gasteiger partial charge in [-0.2, -0.15) is 0 Å². The highest BCUT2D eigenvalue weighted by Gasteiger charge is 2.33. The van der Waals surface area contributed by atoms with Gasteiger partial charge in [0.2, 0.25) is 0 Å². The first-order chi connectivity index (χ1) is 10.7. The fourth-order valence-electron chi connectivity index (χ4n) is 3.77. The van der Waals surface area contributed by atoms with Crippen molar-refractivity contribution in [1.82, 2.24) is 0 Å². The van der Waals surface area contributed by atoms with Crippen LogP contribution in [0.4, 0.5) is 0 Å². The molecule has 0 amide bonds. The topological polar surface area (TPSA) is 29.5 Å². The molecule has 2 heteroatoms. The summed E-state index contributed by atoms with van der Waals surface area (Å²) in [5.74, 6) is 1.29. The van der Waals surface area contributed by atoms with Gasteiger partial charge in [-0.05, 0) is 78.5 Å². The Morgan fingerprint density at radius 3 is 2.55 bits per heavy atom. The number of ether oxygens (including phenoxy) is 1. The summed E-state index contributed by atoms with van der Waals surface area (Å²) in [5.41, 5.74) is 4.38. The summed E-state index contributed by atoms with van der Waals surface area (Å²) < 4.78 is 5.37. The smallest absolute Gasteiger partial charge is 0.119 e. The molecule has 2 aromatic carbocycles. The van der Waals surface area contributed by atoms with Crippen molar-refractivity contribution in [2.75, 3.05) is 7.11 Å². The van der Waals surface area contributed by atoms with Crippen molar-refractivity contribution in [2.45, 2.75) is 44.4 Å². The van der Waals surface area contributed by atoms with Crippen molar-refractivity contribution >= 4 is 0 Å². The minimum Gasteiger partial charge on any atom is -0.508 e. The zero-order valence-electron chi connectivity index (χ0n) is 13.4. The summed E-state index contributed by atoms with van der Waals surface area (Å²) in [7, 11) is 1.73. The fraction of sp³-hybridized carbons (Fsp3) is 0.400. The average molecular weight is 296 g/mol. The van der Waals surface area contributed by atoms with Gasteiger partial charge in [-0.15, -0.1) is 0 Å². The van der Waals surface area contributed by atoms with Crippen LogP contribution in [0.1, 0.15) is 42.9 Å². The summed E-state index contributed by atoms with van der Waals surface area (Å²) >= 11 is 0. The highest BCUT2D eigenvalue weighted by Crippen LogP contribution is 2.41. The second-order valence-electron chi connectivity index (χ2n) is 6.35. The van der Waals surface area contributed by atoms with Gasteiger partial charge >= 0.3 is 0 Å². The largest absolute Gasteiger partial charge is 0.508 e. The first-order valence-electron chi connectivity index (χ1n) is 8.12. The predicted molar refractivity (Wildman–Crippen MR) is 89.7 cm³/mol. The third-order valence-corrected chi connectivity index (χ3v) is 5.20. The van der Waals surface area contributed by atoms with E-state index in [-0.39, 0.29) is 5.41 Å². The lowest BCUT2D eigenvalue weighted by Crippen LogP contribution is -2.27. The van der Waals surface area contributed by atoms with E-state index in [2.05, 4.69) is 37.3 Å². The maximum Gasteiger partial charge on any atom is 0.119 e. The molecule has 0 spiro atoms. The Labute approximate surface area is 132 Å². The Hall–Kier alpha value is -1.96. The van der Waals surface area contributed by atoms with E-state index in [1.54, 1.807) is 7.11 Å². The van der Waals surface area contributed by atoms with Gasteiger partial charge in [-0.25, -0.2) is 0 Å². The lowest BCUT2D eigenvalue weighted by molar-refractivity contribution is 0.374. The van der Waals surface area contributed by atoms with Crippen LogP contribution >= 0.6 is 0 Å². The molecule has 0 heterocycles. The van der Waals surface area contributed by atoms with Gasteiger partial charge in [-0.1, -0.05) is 25.1 Å². The lowest BCUT2D eigenvalue weighted by atomic mass is 9.71. The summed E-state index contributed by atoms with van der Waals surface area (Å²) in [4.78, 5) is 0. The Bertz CT molecular complexity index is 645. The maximum absolute atomic E-state index is 9.57. The Kier molecular flexibility index (Phi) is 4.10. The van der Waals surface area contributed by atoms with Crippen LogP contribution < -0.4 is 4.74 Å². The molecule has 2 nitrogen and oxygen atoms in total. The molecule has 2 aromatic rings. The quantitative estimate of drug-likeness (QED) is 0.837. The van der Waals surface area contributed by atoms with Crippen LogP contribution in [0, 0.1) is 0 Å². The van der Waals surface area contributed by atoms with Crippen LogP contribution in [0.5, 0.6) is 11.5 Å².